The van der Waals surface area contributed by atoms with Crippen molar-refractivity contribution in [2.45, 2.75) is 19.9 Å². The molecule has 0 aliphatic carbocycles. The lowest BCUT2D eigenvalue weighted by Crippen LogP contribution is -2.38. The zero-order valence-electron chi connectivity index (χ0n) is 14.0. The fourth-order valence-electron chi connectivity index (χ4n) is 3.43. The van der Waals surface area contributed by atoms with Crippen molar-refractivity contribution in [2.75, 3.05) is 11.4 Å². The van der Waals surface area contributed by atoms with Crippen LogP contribution in [0, 0.1) is 6.92 Å². The number of para-hydroxylation sites is 1. The average Bonchev–Trinajstić information content (AvgIpc) is 2.98. The van der Waals surface area contributed by atoms with Crippen molar-refractivity contribution in [1.29, 1.82) is 0 Å². The van der Waals surface area contributed by atoms with E-state index in [4.69, 9.17) is 0 Å². The summed E-state index contributed by atoms with van der Waals surface area (Å²) < 4.78 is 4.52. The van der Waals surface area contributed by atoms with Gasteiger partial charge in [-0.2, -0.15) is 4.98 Å². The van der Waals surface area contributed by atoms with Gasteiger partial charge in [0.1, 0.15) is 0 Å². The lowest BCUT2D eigenvalue weighted by Gasteiger charge is -2.30. The molecule has 1 aliphatic heterocycles. The van der Waals surface area contributed by atoms with Gasteiger partial charge in [0.05, 0.1) is 0 Å². The molecule has 0 unspecified atom stereocenters. The first-order valence-electron chi connectivity index (χ1n) is 8.00. The molecule has 0 bridgehead atoms. The Morgan fingerprint density at radius 3 is 2.54 bits per heavy atom. The molecule has 7 heteroatoms. The molecule has 1 aromatic carbocycles. The van der Waals surface area contributed by atoms with Crippen molar-refractivity contribution in [3.8, 4) is 0 Å². The summed E-state index contributed by atoms with van der Waals surface area (Å²) in [6, 6.07) is 8.12. The standard InChI is InChI=1S/C17H19N5O2/c1-11-7-4-5-8-12(11)21-9-6-10-22-13-14(18-16(21)22)19(2)17(24)20(3)15(13)23/h4-5,7-8H,6,9-10H2,1-3H3. The van der Waals surface area contributed by atoms with Crippen LogP contribution in [0.15, 0.2) is 33.9 Å². The van der Waals surface area contributed by atoms with E-state index < -0.39 is 0 Å². The minimum atomic E-state index is -0.356. The van der Waals surface area contributed by atoms with Crippen molar-refractivity contribution in [3.05, 3.63) is 50.7 Å². The largest absolute Gasteiger partial charge is 0.332 e. The molecule has 1 aliphatic rings. The molecule has 7 nitrogen and oxygen atoms in total. The highest BCUT2D eigenvalue weighted by molar-refractivity contribution is 5.77. The summed E-state index contributed by atoms with van der Waals surface area (Å²) in [5.74, 6) is 0.726. The number of hydrogen-bond donors (Lipinski definition) is 0. The minimum Gasteiger partial charge on any atom is -0.312 e. The van der Waals surface area contributed by atoms with E-state index in [2.05, 4.69) is 28.9 Å². The molecule has 0 atom stereocenters. The number of benzene rings is 1. The number of anilines is 2. The van der Waals surface area contributed by atoms with Crippen LogP contribution in [-0.4, -0.2) is 25.2 Å². The first-order chi connectivity index (χ1) is 11.5. The van der Waals surface area contributed by atoms with Crippen LogP contribution in [-0.2, 0) is 20.6 Å². The SMILES string of the molecule is Cc1ccccc1N1CCCn2c1nc1c2c(=O)n(C)c(=O)n1C. The maximum atomic E-state index is 12.6. The molecular weight excluding hydrogens is 306 g/mol. The smallest absolute Gasteiger partial charge is 0.312 e. The first-order valence-corrected chi connectivity index (χ1v) is 8.00. The highest BCUT2D eigenvalue weighted by Gasteiger charge is 2.26. The Morgan fingerprint density at radius 1 is 1.04 bits per heavy atom. The van der Waals surface area contributed by atoms with E-state index in [0.717, 1.165) is 41.3 Å². The van der Waals surface area contributed by atoms with Gasteiger partial charge in [-0.15, -0.1) is 0 Å². The molecule has 0 spiro atoms. The summed E-state index contributed by atoms with van der Waals surface area (Å²) in [5, 5.41) is 0. The van der Waals surface area contributed by atoms with Gasteiger partial charge in [0.15, 0.2) is 11.2 Å². The Kier molecular flexibility index (Phi) is 3.13. The van der Waals surface area contributed by atoms with Crippen LogP contribution >= 0.6 is 0 Å². The van der Waals surface area contributed by atoms with Crippen molar-refractivity contribution in [1.82, 2.24) is 18.7 Å². The molecule has 2 aromatic heterocycles. The molecule has 3 aromatic rings. The number of fused-ring (bicyclic) bond motifs is 3. The second-order valence-corrected chi connectivity index (χ2v) is 6.23. The molecule has 0 saturated heterocycles. The predicted molar refractivity (Wildman–Crippen MR) is 93.0 cm³/mol. The molecule has 0 radical (unpaired) electrons. The number of nitrogens with zero attached hydrogens (tertiary/aromatic N) is 5. The molecule has 3 heterocycles. The summed E-state index contributed by atoms with van der Waals surface area (Å²) in [6.07, 6.45) is 0.915. The Morgan fingerprint density at radius 2 is 1.79 bits per heavy atom. The second kappa shape index (κ2) is 5.09. The second-order valence-electron chi connectivity index (χ2n) is 6.23. The third-order valence-electron chi connectivity index (χ3n) is 4.74. The summed E-state index contributed by atoms with van der Waals surface area (Å²) in [7, 11) is 3.16. The third kappa shape index (κ3) is 1.87. The fraction of sp³-hybridized carbons (Fsp3) is 0.353. The van der Waals surface area contributed by atoms with E-state index >= 15 is 0 Å². The van der Waals surface area contributed by atoms with E-state index in [9.17, 15) is 9.59 Å². The maximum absolute atomic E-state index is 12.6. The van der Waals surface area contributed by atoms with Crippen LogP contribution in [0.1, 0.15) is 12.0 Å². The van der Waals surface area contributed by atoms with Gasteiger partial charge in [-0.25, -0.2) is 4.79 Å². The molecule has 0 amide bonds. The summed E-state index contributed by atoms with van der Waals surface area (Å²) in [5.41, 5.74) is 2.52. The summed E-state index contributed by atoms with van der Waals surface area (Å²) >= 11 is 0. The Labute approximate surface area is 138 Å². The van der Waals surface area contributed by atoms with Gasteiger partial charge in [0.25, 0.3) is 5.56 Å². The van der Waals surface area contributed by atoms with Crippen LogP contribution in [0.4, 0.5) is 11.6 Å². The first kappa shape index (κ1) is 14.7. The zero-order valence-corrected chi connectivity index (χ0v) is 14.0. The Balaban J connectivity index is 2.06. The topological polar surface area (TPSA) is 65.1 Å². The van der Waals surface area contributed by atoms with Gasteiger partial charge in [-0.1, -0.05) is 18.2 Å². The Hall–Kier alpha value is -2.83. The van der Waals surface area contributed by atoms with Gasteiger partial charge in [-0.05, 0) is 25.0 Å². The molecule has 4 rings (SSSR count). The molecule has 124 valence electrons. The average molecular weight is 325 g/mol. The van der Waals surface area contributed by atoms with Crippen LogP contribution in [0.2, 0.25) is 0 Å². The van der Waals surface area contributed by atoms with E-state index in [-0.39, 0.29) is 11.2 Å². The van der Waals surface area contributed by atoms with Gasteiger partial charge in [0.2, 0.25) is 5.95 Å². The Bertz CT molecular complexity index is 1070. The number of rotatable bonds is 1. The van der Waals surface area contributed by atoms with Gasteiger partial charge in [-0.3, -0.25) is 13.9 Å². The number of aryl methyl sites for hydroxylation is 3. The fourth-order valence-corrected chi connectivity index (χ4v) is 3.43. The minimum absolute atomic E-state index is 0.293. The molecular formula is C17H19N5O2. The van der Waals surface area contributed by atoms with Crippen molar-refractivity contribution >= 4 is 22.8 Å². The van der Waals surface area contributed by atoms with Crippen molar-refractivity contribution < 1.29 is 0 Å². The lowest BCUT2D eigenvalue weighted by molar-refractivity contribution is 0.599. The van der Waals surface area contributed by atoms with Crippen molar-refractivity contribution in [3.63, 3.8) is 0 Å². The number of imidazole rings is 1. The number of aromatic nitrogens is 4. The lowest BCUT2D eigenvalue weighted by atomic mass is 10.1. The van der Waals surface area contributed by atoms with Gasteiger partial charge in [0, 0.05) is 32.9 Å². The predicted octanol–water partition coefficient (Wildman–Crippen LogP) is 1.28. The monoisotopic (exact) mass is 325 g/mol. The summed E-state index contributed by atoms with van der Waals surface area (Å²) in [4.78, 5) is 31.6. The quantitative estimate of drug-likeness (QED) is 0.676. The summed E-state index contributed by atoms with van der Waals surface area (Å²) in [6.45, 7) is 3.62. The molecule has 24 heavy (non-hydrogen) atoms. The highest BCUT2D eigenvalue weighted by atomic mass is 16.2. The third-order valence-corrected chi connectivity index (χ3v) is 4.74. The van der Waals surface area contributed by atoms with Crippen LogP contribution in [0.3, 0.4) is 0 Å². The van der Waals surface area contributed by atoms with Crippen LogP contribution < -0.4 is 16.1 Å². The van der Waals surface area contributed by atoms with Gasteiger partial charge < -0.3 is 9.47 Å². The van der Waals surface area contributed by atoms with Crippen molar-refractivity contribution in [2.24, 2.45) is 14.1 Å². The number of hydrogen-bond acceptors (Lipinski definition) is 4. The zero-order chi connectivity index (χ0) is 17.0. The highest BCUT2D eigenvalue weighted by Crippen LogP contribution is 2.32. The molecule has 0 saturated carbocycles. The van der Waals surface area contributed by atoms with E-state index in [1.54, 1.807) is 7.05 Å². The van der Waals surface area contributed by atoms with Crippen LogP contribution in [0.25, 0.3) is 11.2 Å². The van der Waals surface area contributed by atoms with E-state index in [1.165, 1.54) is 11.6 Å². The van der Waals surface area contributed by atoms with E-state index in [1.807, 2.05) is 16.7 Å². The van der Waals surface area contributed by atoms with E-state index in [0.29, 0.717) is 11.2 Å². The maximum Gasteiger partial charge on any atom is 0.332 e. The van der Waals surface area contributed by atoms with Gasteiger partial charge >= 0.3 is 5.69 Å². The normalized spacial score (nSPS) is 14.2. The van der Waals surface area contributed by atoms with Crippen LogP contribution in [0.5, 0.6) is 0 Å². The molecule has 0 fully saturated rings. The molecule has 0 N–H and O–H groups in total.